The van der Waals surface area contributed by atoms with Crippen LogP contribution in [0, 0.1) is 11.8 Å². The summed E-state index contributed by atoms with van der Waals surface area (Å²) in [5.74, 6) is 1.74. The van der Waals surface area contributed by atoms with Crippen LogP contribution in [0.1, 0.15) is 49.1 Å². The van der Waals surface area contributed by atoms with Crippen molar-refractivity contribution >= 4 is 5.91 Å². The molecule has 0 aliphatic heterocycles. The van der Waals surface area contributed by atoms with Gasteiger partial charge in [-0.3, -0.25) is 4.79 Å². The quantitative estimate of drug-likeness (QED) is 0.864. The number of amides is 1. The van der Waals surface area contributed by atoms with Crippen LogP contribution in [-0.4, -0.2) is 11.9 Å². The molecule has 2 heteroatoms. The Kier molecular flexibility index (Phi) is 2.64. The fraction of sp³-hybridized carbons (Fsp3) is 0.588. The zero-order chi connectivity index (χ0) is 12.8. The Morgan fingerprint density at radius 2 is 1.89 bits per heavy atom. The second kappa shape index (κ2) is 4.36. The van der Waals surface area contributed by atoms with Crippen molar-refractivity contribution in [1.29, 1.82) is 0 Å². The van der Waals surface area contributed by atoms with E-state index in [2.05, 4.69) is 29.6 Å². The van der Waals surface area contributed by atoms with Crippen molar-refractivity contribution in [2.75, 3.05) is 0 Å². The summed E-state index contributed by atoms with van der Waals surface area (Å²) in [6, 6.07) is 9.16. The van der Waals surface area contributed by atoms with E-state index in [-0.39, 0.29) is 5.92 Å². The van der Waals surface area contributed by atoms with Crippen LogP contribution in [-0.2, 0) is 11.2 Å². The standard InChI is InChI=1S/C17H21NO/c19-17(18-12-6-2-3-7-12)16-14-10-9-11-5-1-4-8-13(11)15(14)16/h1,4-5,8,12,14-16H,2-3,6-7,9-10H2,(H,18,19). The number of benzene rings is 1. The molecule has 1 aromatic carbocycles. The topological polar surface area (TPSA) is 29.1 Å². The normalized spacial score (nSPS) is 32.5. The predicted molar refractivity (Wildman–Crippen MR) is 74.9 cm³/mol. The molecule has 3 aliphatic carbocycles. The molecule has 2 fully saturated rings. The van der Waals surface area contributed by atoms with Crippen molar-refractivity contribution in [2.24, 2.45) is 11.8 Å². The molecule has 0 bridgehead atoms. The van der Waals surface area contributed by atoms with E-state index < -0.39 is 0 Å². The number of aryl methyl sites for hydroxylation is 1. The Morgan fingerprint density at radius 1 is 1.11 bits per heavy atom. The first kappa shape index (κ1) is 11.5. The number of fused-ring (bicyclic) bond motifs is 3. The molecule has 100 valence electrons. The Hall–Kier alpha value is -1.31. The monoisotopic (exact) mass is 255 g/mol. The highest BCUT2D eigenvalue weighted by molar-refractivity contribution is 5.84. The third kappa shape index (κ3) is 1.89. The van der Waals surface area contributed by atoms with Gasteiger partial charge in [0.2, 0.25) is 5.91 Å². The summed E-state index contributed by atoms with van der Waals surface area (Å²) in [7, 11) is 0. The molecule has 0 saturated heterocycles. The maximum Gasteiger partial charge on any atom is 0.224 e. The van der Waals surface area contributed by atoms with Crippen LogP contribution in [0.2, 0.25) is 0 Å². The summed E-state index contributed by atoms with van der Waals surface area (Å²) in [5, 5.41) is 3.29. The van der Waals surface area contributed by atoms with Crippen LogP contribution >= 0.6 is 0 Å². The van der Waals surface area contributed by atoms with Gasteiger partial charge in [0.25, 0.3) is 0 Å². The second-order valence-corrected chi connectivity index (χ2v) is 6.44. The van der Waals surface area contributed by atoms with Crippen molar-refractivity contribution < 1.29 is 4.79 Å². The van der Waals surface area contributed by atoms with E-state index in [1.54, 1.807) is 0 Å². The zero-order valence-corrected chi connectivity index (χ0v) is 11.3. The van der Waals surface area contributed by atoms with Gasteiger partial charge in [-0.2, -0.15) is 0 Å². The lowest BCUT2D eigenvalue weighted by atomic mass is 9.92. The Balaban J connectivity index is 1.49. The van der Waals surface area contributed by atoms with Gasteiger partial charge in [-0.1, -0.05) is 37.1 Å². The van der Waals surface area contributed by atoms with Crippen molar-refractivity contribution in [3.05, 3.63) is 35.4 Å². The Morgan fingerprint density at radius 3 is 2.74 bits per heavy atom. The highest BCUT2D eigenvalue weighted by Crippen LogP contribution is 2.59. The lowest BCUT2D eigenvalue weighted by Crippen LogP contribution is -2.34. The molecular formula is C17H21NO. The van der Waals surface area contributed by atoms with Gasteiger partial charge in [-0.05, 0) is 48.6 Å². The minimum absolute atomic E-state index is 0.268. The van der Waals surface area contributed by atoms with E-state index in [9.17, 15) is 4.79 Å². The number of carbonyl (C=O) groups excluding carboxylic acids is 1. The smallest absolute Gasteiger partial charge is 0.224 e. The van der Waals surface area contributed by atoms with Gasteiger partial charge in [-0.25, -0.2) is 0 Å². The van der Waals surface area contributed by atoms with E-state index in [4.69, 9.17) is 0 Å². The predicted octanol–water partition coefficient (Wildman–Crippen LogP) is 3.02. The lowest BCUT2D eigenvalue weighted by Gasteiger charge is -2.13. The molecule has 3 aliphatic rings. The third-order valence-corrected chi connectivity index (χ3v) is 5.33. The molecule has 4 rings (SSSR count). The number of carbonyl (C=O) groups is 1. The van der Waals surface area contributed by atoms with Crippen LogP contribution < -0.4 is 5.32 Å². The molecule has 0 aromatic heterocycles. The van der Waals surface area contributed by atoms with Crippen LogP contribution in [0.5, 0.6) is 0 Å². The fourth-order valence-corrected chi connectivity index (χ4v) is 4.29. The number of rotatable bonds is 2. The Bertz CT molecular complexity index is 504. The van der Waals surface area contributed by atoms with Gasteiger partial charge in [0.15, 0.2) is 0 Å². The minimum atomic E-state index is 0.268. The summed E-state index contributed by atoms with van der Waals surface area (Å²) in [6.45, 7) is 0. The van der Waals surface area contributed by atoms with Gasteiger partial charge in [0, 0.05) is 12.0 Å². The molecule has 1 aromatic rings. The molecule has 3 unspecified atom stereocenters. The van der Waals surface area contributed by atoms with Gasteiger partial charge < -0.3 is 5.32 Å². The number of hydrogen-bond donors (Lipinski definition) is 1. The first-order valence-electron chi connectivity index (χ1n) is 7.73. The maximum absolute atomic E-state index is 12.4. The molecule has 0 spiro atoms. The third-order valence-electron chi connectivity index (χ3n) is 5.33. The Labute approximate surface area is 114 Å². The van der Waals surface area contributed by atoms with Crippen LogP contribution in [0.3, 0.4) is 0 Å². The minimum Gasteiger partial charge on any atom is -0.353 e. The first-order chi connectivity index (χ1) is 9.34. The van der Waals surface area contributed by atoms with E-state index in [1.807, 2.05) is 0 Å². The average Bonchev–Trinajstić information content (AvgIpc) is 2.98. The van der Waals surface area contributed by atoms with E-state index in [0.717, 1.165) is 6.42 Å². The van der Waals surface area contributed by atoms with E-state index in [0.29, 0.717) is 23.8 Å². The molecule has 3 atom stereocenters. The molecule has 1 amide bonds. The second-order valence-electron chi connectivity index (χ2n) is 6.44. The van der Waals surface area contributed by atoms with Gasteiger partial charge in [0.05, 0.1) is 0 Å². The lowest BCUT2D eigenvalue weighted by molar-refractivity contribution is -0.123. The van der Waals surface area contributed by atoms with Gasteiger partial charge in [-0.15, -0.1) is 0 Å². The summed E-state index contributed by atoms with van der Waals surface area (Å²) in [6.07, 6.45) is 7.29. The van der Waals surface area contributed by atoms with Crippen molar-refractivity contribution in [2.45, 2.75) is 50.5 Å². The molecule has 2 saturated carbocycles. The number of hydrogen-bond acceptors (Lipinski definition) is 1. The molecular weight excluding hydrogens is 234 g/mol. The van der Waals surface area contributed by atoms with Crippen molar-refractivity contribution in [3.8, 4) is 0 Å². The molecule has 2 nitrogen and oxygen atoms in total. The maximum atomic E-state index is 12.4. The van der Waals surface area contributed by atoms with Gasteiger partial charge in [0.1, 0.15) is 0 Å². The van der Waals surface area contributed by atoms with Gasteiger partial charge >= 0.3 is 0 Å². The highest BCUT2D eigenvalue weighted by Gasteiger charge is 2.57. The largest absolute Gasteiger partial charge is 0.353 e. The average molecular weight is 255 g/mol. The van der Waals surface area contributed by atoms with Crippen LogP contribution in [0.15, 0.2) is 24.3 Å². The molecule has 1 N–H and O–H groups in total. The summed E-state index contributed by atoms with van der Waals surface area (Å²) in [4.78, 5) is 12.4. The molecule has 0 radical (unpaired) electrons. The van der Waals surface area contributed by atoms with E-state index >= 15 is 0 Å². The zero-order valence-electron chi connectivity index (χ0n) is 11.3. The van der Waals surface area contributed by atoms with Crippen LogP contribution in [0.4, 0.5) is 0 Å². The molecule has 0 heterocycles. The van der Waals surface area contributed by atoms with Crippen LogP contribution in [0.25, 0.3) is 0 Å². The summed E-state index contributed by atoms with van der Waals surface area (Å²) >= 11 is 0. The SMILES string of the molecule is O=C(NC1CCCC1)C1C2CCc3ccccc3C21. The first-order valence-corrected chi connectivity index (χ1v) is 7.73. The highest BCUT2D eigenvalue weighted by atomic mass is 16.2. The molecule has 19 heavy (non-hydrogen) atoms. The summed E-state index contributed by atoms with van der Waals surface area (Å²) in [5.41, 5.74) is 2.92. The van der Waals surface area contributed by atoms with Crippen molar-refractivity contribution in [3.63, 3.8) is 0 Å². The van der Waals surface area contributed by atoms with Crippen molar-refractivity contribution in [1.82, 2.24) is 5.32 Å². The summed E-state index contributed by atoms with van der Waals surface area (Å²) < 4.78 is 0. The number of nitrogens with one attached hydrogen (secondary N) is 1. The van der Waals surface area contributed by atoms with E-state index in [1.165, 1.54) is 43.2 Å². The fourth-order valence-electron chi connectivity index (χ4n) is 4.29.